The van der Waals surface area contributed by atoms with E-state index in [1.807, 2.05) is 0 Å². The van der Waals surface area contributed by atoms with Crippen LogP contribution in [0.4, 0.5) is 0 Å². The van der Waals surface area contributed by atoms with Crippen molar-refractivity contribution in [3.8, 4) is 0 Å². The van der Waals surface area contributed by atoms with Gasteiger partial charge in [0.1, 0.15) is 29.9 Å². The van der Waals surface area contributed by atoms with Gasteiger partial charge in [0.2, 0.25) is 0 Å². The Hall–Kier alpha value is 0.110. The van der Waals surface area contributed by atoms with Crippen LogP contribution in [0.5, 0.6) is 0 Å². The standard InChI is InChI=1S/C22H45NO5S/c1-3-5-7-9-11-13-15-23(16-14-12-10-8-6-4-2)29-22-20(27)19(26)21(28-22)18(25)17-24/h18-22,24-27H,3-17H2,1-2H3/t18-,19-,20-,21+,22?/m1/s1. The van der Waals surface area contributed by atoms with Crippen molar-refractivity contribution in [2.45, 2.75) is 121 Å². The maximum Gasteiger partial charge on any atom is 0.146 e. The van der Waals surface area contributed by atoms with Crippen molar-refractivity contribution >= 4 is 11.9 Å². The molecule has 174 valence electrons. The Labute approximate surface area is 182 Å². The lowest BCUT2D eigenvalue weighted by atomic mass is 10.1. The first-order valence-electron chi connectivity index (χ1n) is 11.8. The summed E-state index contributed by atoms with van der Waals surface area (Å²) in [4.78, 5) is 0. The summed E-state index contributed by atoms with van der Waals surface area (Å²) in [6.07, 6.45) is 10.4. The fourth-order valence-electron chi connectivity index (χ4n) is 3.68. The summed E-state index contributed by atoms with van der Waals surface area (Å²) in [5.74, 6) is 0. The van der Waals surface area contributed by atoms with Gasteiger partial charge in [0, 0.05) is 13.1 Å². The third-order valence-corrected chi connectivity index (χ3v) is 6.86. The van der Waals surface area contributed by atoms with E-state index in [0.29, 0.717) is 0 Å². The smallest absolute Gasteiger partial charge is 0.146 e. The van der Waals surface area contributed by atoms with Crippen molar-refractivity contribution in [2.75, 3.05) is 19.7 Å². The van der Waals surface area contributed by atoms with Gasteiger partial charge in [-0.25, -0.2) is 4.31 Å². The first-order chi connectivity index (χ1) is 14.0. The number of unbranched alkanes of at least 4 members (excludes halogenated alkanes) is 10. The maximum atomic E-state index is 10.3. The monoisotopic (exact) mass is 435 g/mol. The number of aliphatic hydroxyl groups is 4. The van der Waals surface area contributed by atoms with E-state index in [0.717, 1.165) is 25.9 Å². The second-order valence-corrected chi connectivity index (χ2v) is 9.46. The van der Waals surface area contributed by atoms with Gasteiger partial charge in [0.05, 0.1) is 6.61 Å². The Balaban J connectivity index is 2.46. The molecular weight excluding hydrogens is 390 g/mol. The van der Waals surface area contributed by atoms with Gasteiger partial charge in [-0.1, -0.05) is 78.1 Å². The van der Waals surface area contributed by atoms with Gasteiger partial charge >= 0.3 is 0 Å². The Morgan fingerprint density at radius 2 is 1.28 bits per heavy atom. The lowest BCUT2D eigenvalue weighted by Crippen LogP contribution is -2.40. The van der Waals surface area contributed by atoms with E-state index in [1.54, 1.807) is 0 Å². The van der Waals surface area contributed by atoms with E-state index < -0.39 is 36.5 Å². The largest absolute Gasteiger partial charge is 0.394 e. The van der Waals surface area contributed by atoms with Crippen molar-refractivity contribution in [1.82, 2.24) is 4.31 Å². The topological polar surface area (TPSA) is 93.4 Å². The zero-order chi connectivity index (χ0) is 21.5. The Bertz CT molecular complexity index is 374. The number of hydrogen-bond acceptors (Lipinski definition) is 7. The Morgan fingerprint density at radius 1 is 0.793 bits per heavy atom. The van der Waals surface area contributed by atoms with Crippen molar-refractivity contribution in [3.63, 3.8) is 0 Å². The van der Waals surface area contributed by atoms with Crippen LogP contribution in [0, 0.1) is 0 Å². The molecule has 1 fully saturated rings. The molecule has 0 aromatic heterocycles. The molecule has 0 aromatic rings. The minimum atomic E-state index is -1.18. The molecule has 7 heteroatoms. The third-order valence-electron chi connectivity index (χ3n) is 5.60. The second-order valence-electron chi connectivity index (χ2n) is 8.27. The SMILES string of the molecule is CCCCCCCCN(CCCCCCCC)SC1O[C@@H]([C@H](O)CO)[C@H](O)[C@H]1O. The molecular formula is C22H45NO5S. The molecule has 1 unspecified atom stereocenters. The minimum absolute atomic E-state index is 0.495. The van der Waals surface area contributed by atoms with Crippen LogP contribution < -0.4 is 0 Å². The molecule has 0 bridgehead atoms. The summed E-state index contributed by atoms with van der Waals surface area (Å²) >= 11 is 1.44. The van der Waals surface area contributed by atoms with Gasteiger partial charge in [0.25, 0.3) is 0 Å². The maximum absolute atomic E-state index is 10.3. The molecule has 1 rings (SSSR count). The molecule has 0 aromatic carbocycles. The molecule has 0 spiro atoms. The summed E-state index contributed by atoms with van der Waals surface area (Å²) in [6.45, 7) is 5.82. The zero-order valence-corrected chi connectivity index (χ0v) is 19.4. The first kappa shape index (κ1) is 27.1. The molecule has 1 aliphatic rings. The molecule has 0 saturated carbocycles. The van der Waals surface area contributed by atoms with Gasteiger partial charge in [-0.15, -0.1) is 0 Å². The number of ether oxygens (including phenoxy) is 1. The zero-order valence-electron chi connectivity index (χ0n) is 18.5. The molecule has 1 aliphatic heterocycles. The van der Waals surface area contributed by atoms with Gasteiger partial charge in [-0.2, -0.15) is 0 Å². The van der Waals surface area contributed by atoms with Crippen LogP contribution in [0.15, 0.2) is 0 Å². The second kappa shape index (κ2) is 16.8. The average Bonchev–Trinajstić information content (AvgIpc) is 3.00. The molecule has 6 nitrogen and oxygen atoms in total. The molecule has 4 N–H and O–H groups in total. The van der Waals surface area contributed by atoms with E-state index in [2.05, 4.69) is 18.2 Å². The molecule has 5 atom stereocenters. The van der Waals surface area contributed by atoms with Crippen molar-refractivity contribution < 1.29 is 25.2 Å². The lowest BCUT2D eigenvalue weighted by molar-refractivity contribution is -0.0715. The Kier molecular flexibility index (Phi) is 15.7. The number of aliphatic hydroxyl groups excluding tert-OH is 4. The van der Waals surface area contributed by atoms with Gasteiger partial charge in [-0.3, -0.25) is 0 Å². The normalized spacial score (nSPS) is 25.8. The number of rotatable bonds is 18. The van der Waals surface area contributed by atoms with Gasteiger partial charge < -0.3 is 25.2 Å². The molecule has 1 saturated heterocycles. The van der Waals surface area contributed by atoms with Gasteiger partial charge in [0.15, 0.2) is 0 Å². The van der Waals surface area contributed by atoms with E-state index in [-0.39, 0.29) is 0 Å². The predicted molar refractivity (Wildman–Crippen MR) is 120 cm³/mol. The fourth-order valence-corrected chi connectivity index (χ4v) is 4.91. The molecule has 0 aliphatic carbocycles. The summed E-state index contributed by atoms with van der Waals surface area (Å²) < 4.78 is 7.96. The summed E-state index contributed by atoms with van der Waals surface area (Å²) in [5.41, 5.74) is -0.614. The van der Waals surface area contributed by atoms with Gasteiger partial charge in [-0.05, 0) is 24.8 Å². The number of nitrogens with zero attached hydrogens (tertiary/aromatic N) is 1. The highest BCUT2D eigenvalue weighted by molar-refractivity contribution is 7.97. The Morgan fingerprint density at radius 3 is 1.76 bits per heavy atom. The lowest BCUT2D eigenvalue weighted by Gasteiger charge is -2.26. The van der Waals surface area contributed by atoms with Crippen molar-refractivity contribution in [2.24, 2.45) is 0 Å². The van der Waals surface area contributed by atoms with Crippen LogP contribution in [0.2, 0.25) is 0 Å². The average molecular weight is 436 g/mol. The predicted octanol–water partition coefficient (Wildman–Crippen LogP) is 3.46. The van der Waals surface area contributed by atoms with Crippen LogP contribution in [0.25, 0.3) is 0 Å². The van der Waals surface area contributed by atoms with Crippen LogP contribution >= 0.6 is 11.9 Å². The van der Waals surface area contributed by atoms with E-state index in [4.69, 9.17) is 9.84 Å². The van der Waals surface area contributed by atoms with E-state index in [9.17, 15) is 15.3 Å². The quantitative estimate of drug-likeness (QED) is 0.193. The van der Waals surface area contributed by atoms with E-state index >= 15 is 0 Å². The first-order valence-corrected chi connectivity index (χ1v) is 12.6. The summed E-state index contributed by atoms with van der Waals surface area (Å²) in [5, 5.41) is 39.5. The molecule has 1 heterocycles. The van der Waals surface area contributed by atoms with Crippen molar-refractivity contribution in [3.05, 3.63) is 0 Å². The van der Waals surface area contributed by atoms with E-state index in [1.165, 1.54) is 76.2 Å². The van der Waals surface area contributed by atoms with Crippen LogP contribution in [0.3, 0.4) is 0 Å². The number of hydrogen-bond donors (Lipinski definition) is 4. The van der Waals surface area contributed by atoms with Crippen LogP contribution in [-0.4, -0.2) is 74.3 Å². The highest BCUT2D eigenvalue weighted by Crippen LogP contribution is 2.33. The fraction of sp³-hybridized carbons (Fsp3) is 1.00. The molecule has 0 radical (unpaired) electrons. The summed E-state index contributed by atoms with van der Waals surface area (Å²) in [6, 6.07) is 0. The summed E-state index contributed by atoms with van der Waals surface area (Å²) in [7, 11) is 0. The van der Waals surface area contributed by atoms with Crippen LogP contribution in [0.1, 0.15) is 90.9 Å². The van der Waals surface area contributed by atoms with Crippen molar-refractivity contribution in [1.29, 1.82) is 0 Å². The highest BCUT2D eigenvalue weighted by Gasteiger charge is 2.46. The molecule has 29 heavy (non-hydrogen) atoms. The molecule has 0 amide bonds. The minimum Gasteiger partial charge on any atom is -0.394 e. The van der Waals surface area contributed by atoms with Crippen LogP contribution in [-0.2, 0) is 4.74 Å². The third kappa shape index (κ3) is 10.8. The highest BCUT2D eigenvalue weighted by atomic mass is 32.2.